The molecule has 0 aromatic heterocycles. The highest BCUT2D eigenvalue weighted by Crippen LogP contribution is 2.47. The van der Waals surface area contributed by atoms with Gasteiger partial charge in [0.05, 0.1) is 0 Å². The lowest BCUT2D eigenvalue weighted by Crippen LogP contribution is -1.96. The van der Waals surface area contributed by atoms with Crippen molar-refractivity contribution in [2.75, 3.05) is 0 Å². The molecular formula is C9H17-. The van der Waals surface area contributed by atoms with Gasteiger partial charge in [0, 0.05) is 0 Å². The van der Waals surface area contributed by atoms with E-state index in [9.17, 15) is 0 Å². The van der Waals surface area contributed by atoms with E-state index < -0.39 is 0 Å². The zero-order chi connectivity index (χ0) is 6.85. The van der Waals surface area contributed by atoms with Gasteiger partial charge in [0.2, 0.25) is 0 Å². The first-order valence-electron chi connectivity index (χ1n) is 4.08. The monoisotopic (exact) mass is 125 g/mol. The van der Waals surface area contributed by atoms with E-state index in [2.05, 4.69) is 20.8 Å². The van der Waals surface area contributed by atoms with Gasteiger partial charge in [0.1, 0.15) is 0 Å². The van der Waals surface area contributed by atoms with Crippen LogP contribution in [0.3, 0.4) is 0 Å². The molecule has 0 heterocycles. The summed E-state index contributed by atoms with van der Waals surface area (Å²) >= 11 is 0. The van der Waals surface area contributed by atoms with Gasteiger partial charge in [-0.3, -0.25) is 0 Å². The molecular weight excluding hydrogens is 108 g/mol. The van der Waals surface area contributed by atoms with Crippen LogP contribution in [0.4, 0.5) is 0 Å². The molecule has 0 amide bonds. The van der Waals surface area contributed by atoms with Crippen molar-refractivity contribution in [2.24, 2.45) is 17.8 Å². The van der Waals surface area contributed by atoms with Gasteiger partial charge in [-0.25, -0.2) is 0 Å². The lowest BCUT2D eigenvalue weighted by Gasteiger charge is -2.09. The van der Waals surface area contributed by atoms with Gasteiger partial charge < -0.3 is 6.92 Å². The Hall–Kier alpha value is 0. The van der Waals surface area contributed by atoms with Crippen molar-refractivity contribution < 1.29 is 0 Å². The maximum Gasteiger partial charge on any atom is -0.0382 e. The van der Waals surface area contributed by atoms with E-state index in [1.807, 2.05) is 0 Å². The molecule has 1 fully saturated rings. The molecule has 0 aromatic rings. The highest BCUT2D eigenvalue weighted by atomic mass is 14.4. The van der Waals surface area contributed by atoms with Crippen molar-refractivity contribution in [3.63, 3.8) is 0 Å². The fourth-order valence-electron chi connectivity index (χ4n) is 1.65. The van der Waals surface area contributed by atoms with Crippen molar-refractivity contribution in [3.05, 3.63) is 6.92 Å². The molecule has 1 rings (SSSR count). The van der Waals surface area contributed by atoms with Gasteiger partial charge in [0.25, 0.3) is 0 Å². The van der Waals surface area contributed by atoms with E-state index in [4.69, 9.17) is 0 Å². The topological polar surface area (TPSA) is 0 Å². The Morgan fingerprint density at radius 3 is 2.67 bits per heavy atom. The summed E-state index contributed by atoms with van der Waals surface area (Å²) in [6, 6.07) is 0. The Balaban J connectivity index is 2.17. The molecule has 9 heavy (non-hydrogen) atoms. The zero-order valence-electron chi connectivity index (χ0n) is 6.56. The van der Waals surface area contributed by atoms with Crippen LogP contribution in [0.5, 0.6) is 0 Å². The summed E-state index contributed by atoms with van der Waals surface area (Å²) in [6.45, 7) is 8.53. The normalized spacial score (nSPS) is 36.3. The van der Waals surface area contributed by atoms with E-state index in [1.165, 1.54) is 12.8 Å². The summed E-state index contributed by atoms with van der Waals surface area (Å²) in [4.78, 5) is 0. The fraction of sp³-hybridized carbons (Fsp3) is 0.889. The molecule has 0 heteroatoms. The van der Waals surface area contributed by atoms with Gasteiger partial charge in [-0.2, -0.15) is 6.42 Å². The smallest absolute Gasteiger partial charge is 0.0382 e. The maximum atomic E-state index is 3.92. The summed E-state index contributed by atoms with van der Waals surface area (Å²) in [7, 11) is 0. The Bertz CT molecular complexity index is 86.0. The van der Waals surface area contributed by atoms with E-state index in [-0.39, 0.29) is 0 Å². The van der Waals surface area contributed by atoms with Crippen molar-refractivity contribution in [1.29, 1.82) is 0 Å². The second-order valence-electron chi connectivity index (χ2n) is 3.33. The lowest BCUT2D eigenvalue weighted by atomic mass is 10.0. The molecule has 1 saturated carbocycles. The maximum absolute atomic E-state index is 3.92. The quantitative estimate of drug-likeness (QED) is 0.509. The minimum absolute atomic E-state index is 0.884. The first-order chi connectivity index (χ1) is 4.29. The molecule has 0 spiro atoms. The Morgan fingerprint density at radius 2 is 2.33 bits per heavy atom. The molecule has 54 valence electrons. The van der Waals surface area contributed by atoms with Crippen molar-refractivity contribution in [3.8, 4) is 0 Å². The highest BCUT2D eigenvalue weighted by Gasteiger charge is 2.37. The van der Waals surface area contributed by atoms with Crippen LogP contribution in [0.2, 0.25) is 0 Å². The van der Waals surface area contributed by atoms with E-state index in [0.717, 1.165) is 24.2 Å². The second-order valence-corrected chi connectivity index (χ2v) is 3.33. The van der Waals surface area contributed by atoms with Crippen molar-refractivity contribution in [2.45, 2.75) is 33.1 Å². The summed E-state index contributed by atoms with van der Waals surface area (Å²) < 4.78 is 0. The minimum Gasteiger partial charge on any atom is -0.343 e. The SMILES string of the molecule is [CH2-]CC(C)C1CC1CC. The van der Waals surface area contributed by atoms with Gasteiger partial charge in [-0.1, -0.05) is 26.2 Å². The molecule has 1 aliphatic carbocycles. The van der Waals surface area contributed by atoms with E-state index in [1.54, 1.807) is 0 Å². The third kappa shape index (κ3) is 1.47. The molecule has 0 nitrogen and oxygen atoms in total. The van der Waals surface area contributed by atoms with Crippen LogP contribution >= 0.6 is 0 Å². The third-order valence-corrected chi connectivity index (χ3v) is 2.69. The van der Waals surface area contributed by atoms with Crippen LogP contribution in [-0.4, -0.2) is 0 Å². The average Bonchev–Trinajstić information content (AvgIpc) is 2.64. The first-order valence-corrected chi connectivity index (χ1v) is 4.08. The molecule has 0 aliphatic heterocycles. The fourth-order valence-corrected chi connectivity index (χ4v) is 1.65. The highest BCUT2D eigenvalue weighted by molar-refractivity contribution is 4.88. The van der Waals surface area contributed by atoms with Crippen LogP contribution in [0.1, 0.15) is 33.1 Å². The molecule has 0 bridgehead atoms. The molecule has 3 atom stereocenters. The van der Waals surface area contributed by atoms with Gasteiger partial charge >= 0.3 is 0 Å². The van der Waals surface area contributed by atoms with Gasteiger partial charge in [0.15, 0.2) is 0 Å². The number of rotatable bonds is 3. The summed E-state index contributed by atoms with van der Waals surface area (Å²) in [6.07, 6.45) is 3.99. The average molecular weight is 125 g/mol. The molecule has 0 aromatic carbocycles. The van der Waals surface area contributed by atoms with Gasteiger partial charge in [-0.15, -0.1) is 0 Å². The van der Waals surface area contributed by atoms with Crippen molar-refractivity contribution >= 4 is 0 Å². The van der Waals surface area contributed by atoms with Gasteiger partial charge in [-0.05, 0) is 18.3 Å². The van der Waals surface area contributed by atoms with Crippen LogP contribution < -0.4 is 0 Å². The number of hydrogen-bond acceptors (Lipinski definition) is 0. The van der Waals surface area contributed by atoms with Crippen LogP contribution in [0.25, 0.3) is 0 Å². The standard InChI is InChI=1S/C9H17/c1-4-7(3)9-6-8(9)5-2/h7-9H,1,4-6H2,2-3H3/q-1. The Labute approximate surface area is 58.7 Å². The molecule has 0 radical (unpaired) electrons. The zero-order valence-corrected chi connectivity index (χ0v) is 6.56. The van der Waals surface area contributed by atoms with Crippen molar-refractivity contribution in [1.82, 2.24) is 0 Å². The van der Waals surface area contributed by atoms with Crippen LogP contribution in [-0.2, 0) is 0 Å². The molecule has 0 N–H and O–H groups in total. The summed E-state index contributed by atoms with van der Waals surface area (Å²) in [5, 5.41) is 0. The lowest BCUT2D eigenvalue weighted by molar-refractivity contribution is 0.474. The second kappa shape index (κ2) is 2.72. The number of hydrogen-bond donors (Lipinski definition) is 0. The largest absolute Gasteiger partial charge is 0.343 e. The van der Waals surface area contributed by atoms with Crippen LogP contribution in [0.15, 0.2) is 0 Å². The van der Waals surface area contributed by atoms with Crippen LogP contribution in [0, 0.1) is 24.7 Å². The molecule has 1 aliphatic rings. The molecule has 3 unspecified atom stereocenters. The van der Waals surface area contributed by atoms with E-state index >= 15 is 0 Å². The Kier molecular flexibility index (Phi) is 2.15. The Morgan fingerprint density at radius 1 is 1.67 bits per heavy atom. The molecule has 0 saturated heterocycles. The predicted molar refractivity (Wildman–Crippen MR) is 41.0 cm³/mol. The predicted octanol–water partition coefficient (Wildman–Crippen LogP) is 2.89. The van der Waals surface area contributed by atoms with E-state index in [0.29, 0.717) is 0 Å². The first kappa shape index (κ1) is 7.11. The third-order valence-electron chi connectivity index (χ3n) is 2.69. The minimum atomic E-state index is 0.884. The summed E-state index contributed by atoms with van der Waals surface area (Å²) in [5.41, 5.74) is 0. The summed E-state index contributed by atoms with van der Waals surface area (Å²) in [5.74, 6) is 2.98.